The third-order valence-corrected chi connectivity index (χ3v) is 3.07. The quantitative estimate of drug-likeness (QED) is 0.737. The van der Waals surface area contributed by atoms with Gasteiger partial charge in [0.1, 0.15) is 5.75 Å². The van der Waals surface area contributed by atoms with Gasteiger partial charge in [0.25, 0.3) is 6.43 Å². The highest BCUT2D eigenvalue weighted by Crippen LogP contribution is 2.18. The highest BCUT2D eigenvalue weighted by atomic mass is 19.3. The number of hydrogen-bond donors (Lipinski definition) is 1. The average Bonchev–Trinajstić information content (AvgIpc) is 2.52. The molecule has 21 heavy (non-hydrogen) atoms. The second-order valence-electron chi connectivity index (χ2n) is 4.73. The second kappa shape index (κ2) is 8.37. The monoisotopic (exact) mass is 291 g/mol. The lowest BCUT2D eigenvalue weighted by atomic mass is 10.1. The van der Waals surface area contributed by atoms with E-state index in [4.69, 9.17) is 4.74 Å². The molecule has 0 aliphatic rings. The fourth-order valence-electron chi connectivity index (χ4n) is 1.92. The molecule has 4 heteroatoms. The minimum absolute atomic E-state index is 0.0648. The summed E-state index contributed by atoms with van der Waals surface area (Å²) in [7, 11) is 0. The number of halogens is 2. The van der Waals surface area contributed by atoms with Gasteiger partial charge < -0.3 is 10.1 Å². The smallest absolute Gasteiger partial charge is 0.263 e. The van der Waals surface area contributed by atoms with Crippen molar-refractivity contribution in [3.05, 3.63) is 65.7 Å². The molecule has 0 unspecified atom stereocenters. The summed E-state index contributed by atoms with van der Waals surface area (Å²) in [4.78, 5) is 0. The summed E-state index contributed by atoms with van der Waals surface area (Å²) in [6.07, 6.45) is -1.51. The number of nitrogens with one attached hydrogen (secondary N) is 1. The molecule has 0 fully saturated rings. The van der Waals surface area contributed by atoms with Gasteiger partial charge in [-0.15, -0.1) is 0 Å². The first kappa shape index (κ1) is 15.4. The molecule has 2 aromatic rings. The van der Waals surface area contributed by atoms with Crippen LogP contribution in [-0.2, 0) is 6.54 Å². The molecule has 0 bridgehead atoms. The lowest BCUT2D eigenvalue weighted by molar-refractivity contribution is 0.151. The lowest BCUT2D eigenvalue weighted by Crippen LogP contribution is -2.17. The van der Waals surface area contributed by atoms with Crippen molar-refractivity contribution < 1.29 is 13.5 Å². The SMILES string of the molecule is FC(F)c1ccc(CNCCCOc2ccccc2)cc1. The molecule has 0 atom stereocenters. The predicted molar refractivity (Wildman–Crippen MR) is 79.7 cm³/mol. The summed E-state index contributed by atoms with van der Waals surface area (Å²) in [6, 6.07) is 16.1. The van der Waals surface area contributed by atoms with E-state index in [1.807, 2.05) is 30.3 Å². The van der Waals surface area contributed by atoms with Crippen LogP contribution in [0.2, 0.25) is 0 Å². The van der Waals surface area contributed by atoms with Crippen molar-refractivity contribution in [3.63, 3.8) is 0 Å². The van der Waals surface area contributed by atoms with E-state index in [-0.39, 0.29) is 5.56 Å². The Morgan fingerprint density at radius 1 is 0.952 bits per heavy atom. The van der Waals surface area contributed by atoms with Gasteiger partial charge >= 0.3 is 0 Å². The van der Waals surface area contributed by atoms with E-state index in [9.17, 15) is 8.78 Å². The Balaban J connectivity index is 1.59. The van der Waals surface area contributed by atoms with Crippen LogP contribution in [0.5, 0.6) is 5.75 Å². The standard InChI is InChI=1S/C17H19F2NO/c18-17(19)15-9-7-14(8-10-15)13-20-11-4-12-21-16-5-2-1-3-6-16/h1-3,5-10,17,20H,4,11-13H2. The minimum atomic E-state index is -2.40. The number of hydrogen-bond acceptors (Lipinski definition) is 2. The van der Waals surface area contributed by atoms with Crippen LogP contribution < -0.4 is 10.1 Å². The maximum Gasteiger partial charge on any atom is 0.263 e. The average molecular weight is 291 g/mol. The zero-order chi connectivity index (χ0) is 14.9. The lowest BCUT2D eigenvalue weighted by Gasteiger charge is -2.08. The third-order valence-electron chi connectivity index (χ3n) is 3.07. The molecule has 0 amide bonds. The van der Waals surface area contributed by atoms with E-state index < -0.39 is 6.43 Å². The molecule has 2 rings (SSSR count). The van der Waals surface area contributed by atoms with Crippen LogP contribution in [0.25, 0.3) is 0 Å². The molecule has 0 saturated heterocycles. The zero-order valence-corrected chi connectivity index (χ0v) is 11.8. The fourth-order valence-corrected chi connectivity index (χ4v) is 1.92. The van der Waals surface area contributed by atoms with Crippen molar-refractivity contribution in [1.82, 2.24) is 5.32 Å². The van der Waals surface area contributed by atoms with Crippen LogP contribution in [0.1, 0.15) is 24.0 Å². The molecule has 0 radical (unpaired) electrons. The maximum absolute atomic E-state index is 12.4. The zero-order valence-electron chi connectivity index (χ0n) is 11.8. The Bertz CT molecular complexity index is 514. The summed E-state index contributed by atoms with van der Waals surface area (Å²) in [5.74, 6) is 0.875. The Morgan fingerprint density at radius 2 is 1.67 bits per heavy atom. The highest BCUT2D eigenvalue weighted by molar-refractivity contribution is 5.23. The summed E-state index contributed by atoms with van der Waals surface area (Å²) in [5.41, 5.74) is 1.07. The van der Waals surface area contributed by atoms with Crippen LogP contribution in [0.4, 0.5) is 8.78 Å². The van der Waals surface area contributed by atoms with Crippen LogP contribution in [0, 0.1) is 0 Å². The molecule has 0 saturated carbocycles. The first-order valence-corrected chi connectivity index (χ1v) is 7.01. The molecule has 2 aromatic carbocycles. The predicted octanol–water partition coefficient (Wildman–Crippen LogP) is 4.18. The van der Waals surface area contributed by atoms with E-state index in [1.165, 1.54) is 12.1 Å². The Morgan fingerprint density at radius 3 is 2.33 bits per heavy atom. The van der Waals surface area contributed by atoms with E-state index >= 15 is 0 Å². The highest BCUT2D eigenvalue weighted by Gasteiger charge is 2.05. The number of para-hydroxylation sites is 1. The molecule has 0 heterocycles. The number of benzene rings is 2. The van der Waals surface area contributed by atoms with E-state index in [0.29, 0.717) is 13.2 Å². The van der Waals surface area contributed by atoms with Crippen molar-refractivity contribution in [2.75, 3.05) is 13.2 Å². The summed E-state index contributed by atoms with van der Waals surface area (Å²) in [5, 5.41) is 3.27. The largest absolute Gasteiger partial charge is 0.494 e. The fraction of sp³-hybridized carbons (Fsp3) is 0.294. The molecule has 0 aromatic heterocycles. The number of rotatable bonds is 8. The molecule has 0 spiro atoms. The Hall–Kier alpha value is -1.94. The van der Waals surface area contributed by atoms with Crippen molar-refractivity contribution in [3.8, 4) is 5.75 Å². The van der Waals surface area contributed by atoms with Gasteiger partial charge in [0.05, 0.1) is 6.61 Å². The normalized spacial score (nSPS) is 10.8. The maximum atomic E-state index is 12.4. The molecule has 112 valence electrons. The van der Waals surface area contributed by atoms with Gasteiger partial charge in [-0.25, -0.2) is 8.78 Å². The van der Waals surface area contributed by atoms with Gasteiger partial charge in [0.15, 0.2) is 0 Å². The topological polar surface area (TPSA) is 21.3 Å². The van der Waals surface area contributed by atoms with Gasteiger partial charge in [-0.05, 0) is 30.7 Å². The number of alkyl halides is 2. The van der Waals surface area contributed by atoms with Crippen LogP contribution >= 0.6 is 0 Å². The van der Waals surface area contributed by atoms with Crippen LogP contribution in [-0.4, -0.2) is 13.2 Å². The summed E-state index contributed by atoms with van der Waals surface area (Å²) in [6.45, 7) is 2.15. The molecule has 1 N–H and O–H groups in total. The third kappa shape index (κ3) is 5.52. The van der Waals surface area contributed by atoms with Gasteiger partial charge in [0.2, 0.25) is 0 Å². The van der Waals surface area contributed by atoms with Crippen molar-refractivity contribution >= 4 is 0 Å². The van der Waals surface area contributed by atoms with Crippen LogP contribution in [0.15, 0.2) is 54.6 Å². The Kier molecular flexibility index (Phi) is 6.16. The molecule has 0 aliphatic carbocycles. The molecular formula is C17H19F2NO. The summed E-state index contributed by atoms with van der Waals surface area (Å²) < 4.78 is 30.4. The minimum Gasteiger partial charge on any atom is -0.494 e. The second-order valence-corrected chi connectivity index (χ2v) is 4.73. The molecule has 2 nitrogen and oxygen atoms in total. The van der Waals surface area contributed by atoms with Crippen molar-refractivity contribution in [2.24, 2.45) is 0 Å². The van der Waals surface area contributed by atoms with E-state index in [0.717, 1.165) is 24.3 Å². The van der Waals surface area contributed by atoms with Crippen LogP contribution in [0.3, 0.4) is 0 Å². The summed E-state index contributed by atoms with van der Waals surface area (Å²) >= 11 is 0. The Labute approximate surface area is 123 Å². The van der Waals surface area contributed by atoms with E-state index in [1.54, 1.807) is 12.1 Å². The number of ether oxygens (including phenoxy) is 1. The molecule has 0 aliphatic heterocycles. The van der Waals surface area contributed by atoms with Gasteiger partial charge in [-0.3, -0.25) is 0 Å². The van der Waals surface area contributed by atoms with Gasteiger partial charge in [-0.2, -0.15) is 0 Å². The van der Waals surface area contributed by atoms with E-state index in [2.05, 4.69) is 5.32 Å². The molecular weight excluding hydrogens is 272 g/mol. The first-order valence-electron chi connectivity index (χ1n) is 7.01. The van der Waals surface area contributed by atoms with Gasteiger partial charge in [-0.1, -0.05) is 42.5 Å². The first-order chi connectivity index (χ1) is 10.3. The van der Waals surface area contributed by atoms with Gasteiger partial charge in [0, 0.05) is 12.1 Å². The van der Waals surface area contributed by atoms with Crippen molar-refractivity contribution in [2.45, 2.75) is 19.4 Å². The van der Waals surface area contributed by atoms with Crippen molar-refractivity contribution in [1.29, 1.82) is 0 Å².